The lowest BCUT2D eigenvalue weighted by molar-refractivity contribution is 0.0700. The molecule has 0 aliphatic carbocycles. The molecule has 3 aliphatic rings. The zero-order valence-electron chi connectivity index (χ0n) is 15.2. The lowest BCUT2D eigenvalue weighted by atomic mass is 9.95. The van der Waals surface area contributed by atoms with Crippen LogP contribution in [0.4, 0.5) is 0 Å². The first kappa shape index (κ1) is 16.6. The van der Waals surface area contributed by atoms with Crippen molar-refractivity contribution in [3.05, 3.63) is 35.4 Å². The standard InChI is InChI=1S/C19H23N5O3/c25-19(14-2-1-3-15-17(14)27-11-10-26-15)23-7-4-13(5-8-23)18-22-21-16-12-20-6-9-24(16)18/h1-3,13,20H,4-12H2. The van der Waals surface area contributed by atoms with Crippen molar-refractivity contribution < 1.29 is 14.3 Å². The Morgan fingerprint density at radius 1 is 1.11 bits per heavy atom. The maximum Gasteiger partial charge on any atom is 0.257 e. The number of para-hydroxylation sites is 1. The van der Waals surface area contributed by atoms with Crippen LogP contribution in [0.1, 0.15) is 40.8 Å². The van der Waals surface area contributed by atoms with E-state index in [1.807, 2.05) is 23.1 Å². The number of fused-ring (bicyclic) bond motifs is 2. The van der Waals surface area contributed by atoms with E-state index in [9.17, 15) is 4.79 Å². The van der Waals surface area contributed by atoms with Crippen molar-refractivity contribution in [2.75, 3.05) is 32.8 Å². The molecule has 4 heterocycles. The van der Waals surface area contributed by atoms with Crippen LogP contribution < -0.4 is 14.8 Å². The third kappa shape index (κ3) is 2.93. The molecular formula is C19H23N5O3. The van der Waals surface area contributed by atoms with Gasteiger partial charge in [-0.05, 0) is 25.0 Å². The Hall–Kier alpha value is -2.61. The van der Waals surface area contributed by atoms with Gasteiger partial charge in [0.2, 0.25) is 0 Å². The fourth-order valence-electron chi connectivity index (χ4n) is 4.17. The Labute approximate surface area is 157 Å². The SMILES string of the molecule is O=C(c1cccc2c1OCCO2)N1CCC(c2nnc3n2CCNC3)CC1. The van der Waals surface area contributed by atoms with Crippen LogP contribution in [0.2, 0.25) is 0 Å². The zero-order valence-corrected chi connectivity index (χ0v) is 15.2. The van der Waals surface area contributed by atoms with E-state index >= 15 is 0 Å². The van der Waals surface area contributed by atoms with E-state index in [1.54, 1.807) is 0 Å². The van der Waals surface area contributed by atoms with Crippen LogP contribution >= 0.6 is 0 Å². The molecule has 0 radical (unpaired) electrons. The number of nitrogens with one attached hydrogen (secondary N) is 1. The van der Waals surface area contributed by atoms with Crippen molar-refractivity contribution in [1.29, 1.82) is 0 Å². The lowest BCUT2D eigenvalue weighted by Crippen LogP contribution is -2.39. The van der Waals surface area contributed by atoms with E-state index in [0.717, 1.165) is 44.1 Å². The van der Waals surface area contributed by atoms with Gasteiger partial charge in [-0.15, -0.1) is 10.2 Å². The summed E-state index contributed by atoms with van der Waals surface area (Å²) in [4.78, 5) is 15.0. The van der Waals surface area contributed by atoms with E-state index in [4.69, 9.17) is 9.47 Å². The van der Waals surface area contributed by atoms with Gasteiger partial charge in [0.25, 0.3) is 5.91 Å². The van der Waals surface area contributed by atoms with Gasteiger partial charge in [0.15, 0.2) is 11.5 Å². The quantitative estimate of drug-likeness (QED) is 0.856. The van der Waals surface area contributed by atoms with Gasteiger partial charge in [-0.2, -0.15) is 0 Å². The first-order chi connectivity index (χ1) is 13.3. The predicted molar refractivity (Wildman–Crippen MR) is 97.0 cm³/mol. The number of nitrogens with zero attached hydrogens (tertiary/aromatic N) is 4. The first-order valence-corrected chi connectivity index (χ1v) is 9.62. The Bertz CT molecular complexity index is 857. The highest BCUT2D eigenvalue weighted by Crippen LogP contribution is 2.35. The molecule has 1 aromatic heterocycles. The van der Waals surface area contributed by atoms with Crippen molar-refractivity contribution in [3.63, 3.8) is 0 Å². The minimum absolute atomic E-state index is 0.0169. The van der Waals surface area contributed by atoms with Gasteiger partial charge in [-0.25, -0.2) is 0 Å². The topological polar surface area (TPSA) is 81.5 Å². The van der Waals surface area contributed by atoms with E-state index in [1.165, 1.54) is 0 Å². The minimum atomic E-state index is 0.0169. The van der Waals surface area contributed by atoms with Gasteiger partial charge >= 0.3 is 0 Å². The molecule has 0 bridgehead atoms. The van der Waals surface area contributed by atoms with Crippen molar-refractivity contribution >= 4 is 5.91 Å². The third-order valence-electron chi connectivity index (χ3n) is 5.60. The maximum absolute atomic E-state index is 13.0. The van der Waals surface area contributed by atoms with Crippen LogP contribution in [0.25, 0.3) is 0 Å². The number of hydrogen-bond acceptors (Lipinski definition) is 6. The van der Waals surface area contributed by atoms with Gasteiger partial charge in [0.05, 0.1) is 12.1 Å². The largest absolute Gasteiger partial charge is 0.486 e. The van der Waals surface area contributed by atoms with Crippen LogP contribution in [0, 0.1) is 0 Å². The molecule has 142 valence electrons. The molecule has 1 fully saturated rings. The van der Waals surface area contributed by atoms with Crippen LogP contribution in [0.15, 0.2) is 18.2 Å². The van der Waals surface area contributed by atoms with E-state index in [0.29, 0.717) is 49.3 Å². The normalized spacial score (nSPS) is 19.6. The fourth-order valence-corrected chi connectivity index (χ4v) is 4.17. The van der Waals surface area contributed by atoms with Crippen LogP contribution in [-0.4, -0.2) is 58.4 Å². The summed E-state index contributed by atoms with van der Waals surface area (Å²) in [5, 5.41) is 12.1. The van der Waals surface area contributed by atoms with Crippen LogP contribution in [-0.2, 0) is 13.1 Å². The van der Waals surface area contributed by atoms with Gasteiger partial charge in [0.1, 0.15) is 24.9 Å². The number of benzene rings is 1. The molecule has 0 spiro atoms. The minimum Gasteiger partial charge on any atom is -0.486 e. The van der Waals surface area contributed by atoms with Gasteiger partial charge in [-0.3, -0.25) is 4.79 Å². The molecule has 0 atom stereocenters. The number of aromatic nitrogens is 3. The second-order valence-electron chi connectivity index (χ2n) is 7.20. The summed E-state index contributed by atoms with van der Waals surface area (Å²) in [5.41, 5.74) is 0.594. The smallest absolute Gasteiger partial charge is 0.257 e. The van der Waals surface area contributed by atoms with E-state index < -0.39 is 0 Å². The number of rotatable bonds is 2. The molecular weight excluding hydrogens is 346 g/mol. The molecule has 8 nitrogen and oxygen atoms in total. The van der Waals surface area contributed by atoms with Crippen LogP contribution in [0.3, 0.4) is 0 Å². The van der Waals surface area contributed by atoms with Gasteiger partial charge in [0, 0.05) is 32.1 Å². The molecule has 2 aromatic rings. The first-order valence-electron chi connectivity index (χ1n) is 9.62. The molecule has 1 saturated heterocycles. The second kappa shape index (κ2) is 6.84. The number of carbonyl (C=O) groups is 1. The van der Waals surface area contributed by atoms with E-state index in [2.05, 4.69) is 20.1 Å². The Morgan fingerprint density at radius 2 is 1.96 bits per heavy atom. The number of ether oxygens (including phenoxy) is 2. The summed E-state index contributed by atoms with van der Waals surface area (Å²) in [6.45, 7) is 5.09. The average molecular weight is 369 g/mol. The third-order valence-corrected chi connectivity index (χ3v) is 5.60. The van der Waals surface area contributed by atoms with Gasteiger partial charge < -0.3 is 24.3 Å². The summed E-state index contributed by atoms with van der Waals surface area (Å²) in [7, 11) is 0. The highest BCUT2D eigenvalue weighted by molar-refractivity contribution is 5.98. The Morgan fingerprint density at radius 3 is 2.85 bits per heavy atom. The Balaban J connectivity index is 1.30. The van der Waals surface area contributed by atoms with Crippen molar-refractivity contribution in [2.24, 2.45) is 0 Å². The molecule has 0 unspecified atom stereocenters. The van der Waals surface area contributed by atoms with Crippen molar-refractivity contribution in [1.82, 2.24) is 25.0 Å². The summed E-state index contributed by atoms with van der Waals surface area (Å²) in [5.74, 6) is 3.71. The number of carbonyl (C=O) groups excluding carboxylic acids is 1. The molecule has 1 amide bonds. The van der Waals surface area contributed by atoms with Crippen molar-refractivity contribution in [2.45, 2.75) is 31.8 Å². The molecule has 1 aromatic carbocycles. The second-order valence-corrected chi connectivity index (χ2v) is 7.20. The summed E-state index contributed by atoms with van der Waals surface area (Å²) >= 11 is 0. The summed E-state index contributed by atoms with van der Waals surface area (Å²) in [6.07, 6.45) is 1.81. The highest BCUT2D eigenvalue weighted by atomic mass is 16.6. The summed E-state index contributed by atoms with van der Waals surface area (Å²) in [6, 6.07) is 5.52. The molecule has 27 heavy (non-hydrogen) atoms. The van der Waals surface area contributed by atoms with E-state index in [-0.39, 0.29) is 5.91 Å². The lowest BCUT2D eigenvalue weighted by Gasteiger charge is -2.33. The number of amides is 1. The molecule has 5 rings (SSSR count). The number of piperidine rings is 1. The van der Waals surface area contributed by atoms with Crippen LogP contribution in [0.5, 0.6) is 11.5 Å². The monoisotopic (exact) mass is 369 g/mol. The molecule has 8 heteroatoms. The van der Waals surface area contributed by atoms with Gasteiger partial charge in [-0.1, -0.05) is 6.07 Å². The fraction of sp³-hybridized carbons (Fsp3) is 0.526. The highest BCUT2D eigenvalue weighted by Gasteiger charge is 2.31. The molecule has 3 aliphatic heterocycles. The average Bonchev–Trinajstić information content (AvgIpc) is 3.17. The van der Waals surface area contributed by atoms with Crippen molar-refractivity contribution in [3.8, 4) is 11.5 Å². The molecule has 1 N–H and O–H groups in total. The number of hydrogen-bond donors (Lipinski definition) is 1. The molecule has 0 saturated carbocycles. The number of likely N-dealkylation sites (tertiary alicyclic amines) is 1. The maximum atomic E-state index is 13.0. The summed E-state index contributed by atoms with van der Waals surface area (Å²) < 4.78 is 13.6. The zero-order chi connectivity index (χ0) is 18.2. The Kier molecular flexibility index (Phi) is 4.20. The predicted octanol–water partition coefficient (Wildman–Crippen LogP) is 1.17.